The van der Waals surface area contributed by atoms with Crippen molar-refractivity contribution in [2.24, 2.45) is 11.3 Å². The Kier molecular flexibility index (Phi) is 3.85. The molecule has 0 radical (unpaired) electrons. The van der Waals surface area contributed by atoms with Gasteiger partial charge in [-0.2, -0.15) is 0 Å². The molecule has 0 bridgehead atoms. The van der Waals surface area contributed by atoms with Crippen LogP contribution in [0.15, 0.2) is 0 Å². The fraction of sp³-hybridized carbons (Fsp3) is 0.875. The van der Waals surface area contributed by atoms with E-state index in [1.807, 2.05) is 0 Å². The lowest BCUT2D eigenvalue weighted by Crippen LogP contribution is -2.55. The molecule has 20 heavy (non-hydrogen) atoms. The first-order valence-corrected chi connectivity index (χ1v) is 8.11. The normalized spacial score (nSPS) is 34.0. The van der Waals surface area contributed by atoms with Gasteiger partial charge in [-0.1, -0.05) is 25.7 Å². The lowest BCUT2D eigenvalue weighted by Gasteiger charge is -2.44. The Morgan fingerprint density at radius 3 is 2.20 bits per heavy atom. The summed E-state index contributed by atoms with van der Waals surface area (Å²) in [5.41, 5.74) is -0.0198. The Morgan fingerprint density at radius 1 is 1.00 bits per heavy atom. The van der Waals surface area contributed by atoms with E-state index in [4.69, 9.17) is 0 Å². The number of rotatable bonds is 2. The van der Waals surface area contributed by atoms with Gasteiger partial charge in [-0.15, -0.1) is 0 Å². The van der Waals surface area contributed by atoms with Crippen LogP contribution >= 0.6 is 0 Å². The fourth-order valence-electron chi connectivity index (χ4n) is 4.60. The molecule has 0 aromatic rings. The van der Waals surface area contributed by atoms with Gasteiger partial charge in [0.15, 0.2) is 0 Å². The van der Waals surface area contributed by atoms with Crippen LogP contribution in [-0.2, 0) is 9.59 Å². The van der Waals surface area contributed by atoms with Crippen molar-refractivity contribution in [2.45, 2.75) is 70.3 Å². The number of hydrogen-bond acceptors (Lipinski definition) is 3. The molecule has 4 nitrogen and oxygen atoms in total. The first kappa shape index (κ1) is 14.1. The number of imide groups is 1. The lowest BCUT2D eigenvalue weighted by atomic mass is 9.74. The van der Waals surface area contributed by atoms with Crippen molar-refractivity contribution in [3.63, 3.8) is 0 Å². The summed E-state index contributed by atoms with van der Waals surface area (Å²) in [4.78, 5) is 26.6. The van der Waals surface area contributed by atoms with Crippen molar-refractivity contribution in [1.82, 2.24) is 4.90 Å². The van der Waals surface area contributed by atoms with Gasteiger partial charge >= 0.3 is 0 Å². The van der Waals surface area contributed by atoms with E-state index in [1.54, 1.807) is 0 Å². The summed E-state index contributed by atoms with van der Waals surface area (Å²) >= 11 is 0. The molecule has 3 fully saturated rings. The second-order valence-electron chi connectivity index (χ2n) is 7.01. The lowest BCUT2D eigenvalue weighted by molar-refractivity contribution is -0.159. The van der Waals surface area contributed by atoms with Crippen molar-refractivity contribution in [3.05, 3.63) is 0 Å². The zero-order chi connectivity index (χ0) is 14.2. The number of carbonyl (C=O) groups is 2. The van der Waals surface area contributed by atoms with E-state index in [0.29, 0.717) is 12.8 Å². The molecule has 2 saturated carbocycles. The molecular weight excluding hydrogens is 254 g/mol. The fourth-order valence-corrected chi connectivity index (χ4v) is 4.60. The van der Waals surface area contributed by atoms with Gasteiger partial charge < -0.3 is 5.11 Å². The molecule has 1 saturated heterocycles. The van der Waals surface area contributed by atoms with Crippen LogP contribution in [0.1, 0.15) is 64.2 Å². The number of amides is 2. The molecule has 3 aliphatic rings. The molecule has 2 atom stereocenters. The quantitative estimate of drug-likeness (QED) is 0.789. The van der Waals surface area contributed by atoms with E-state index in [-0.39, 0.29) is 35.8 Å². The number of aliphatic hydroxyl groups is 1. The van der Waals surface area contributed by atoms with E-state index < -0.39 is 0 Å². The largest absolute Gasteiger partial charge is 0.396 e. The standard InChI is InChI=1S/C16H25NO3/c18-11-12-5-1-2-6-13(12)17-14(19)9-16(10-15(17)20)7-3-4-8-16/h12-13,18H,1-11H2. The van der Waals surface area contributed by atoms with Crippen LogP contribution in [0, 0.1) is 11.3 Å². The molecule has 4 heteroatoms. The molecule has 1 heterocycles. The van der Waals surface area contributed by atoms with Gasteiger partial charge in [0.25, 0.3) is 0 Å². The third kappa shape index (κ3) is 2.39. The SMILES string of the molecule is O=C1CC2(CCCC2)CC(=O)N1C1CCCCC1CO. The Hall–Kier alpha value is -0.900. The van der Waals surface area contributed by atoms with Gasteiger partial charge in [-0.25, -0.2) is 0 Å². The van der Waals surface area contributed by atoms with Crippen LogP contribution in [0.4, 0.5) is 0 Å². The number of hydrogen-bond donors (Lipinski definition) is 1. The molecule has 2 unspecified atom stereocenters. The van der Waals surface area contributed by atoms with E-state index in [9.17, 15) is 14.7 Å². The maximum Gasteiger partial charge on any atom is 0.230 e. The van der Waals surface area contributed by atoms with E-state index in [2.05, 4.69) is 0 Å². The summed E-state index contributed by atoms with van der Waals surface area (Å²) in [5, 5.41) is 9.52. The Labute approximate surface area is 120 Å². The second kappa shape index (κ2) is 5.47. The Bertz CT molecular complexity index is 381. The molecule has 0 aromatic carbocycles. The van der Waals surface area contributed by atoms with Crippen molar-refractivity contribution >= 4 is 11.8 Å². The van der Waals surface area contributed by atoms with E-state index >= 15 is 0 Å². The van der Waals surface area contributed by atoms with Gasteiger partial charge in [0.05, 0.1) is 0 Å². The van der Waals surface area contributed by atoms with Gasteiger partial charge in [-0.3, -0.25) is 14.5 Å². The summed E-state index contributed by atoms with van der Waals surface area (Å²) in [5.74, 6) is 0.135. The first-order chi connectivity index (χ1) is 9.65. The molecular formula is C16H25NO3. The van der Waals surface area contributed by atoms with Crippen molar-refractivity contribution in [1.29, 1.82) is 0 Å². The molecule has 1 aliphatic heterocycles. The zero-order valence-electron chi connectivity index (χ0n) is 12.1. The monoisotopic (exact) mass is 279 g/mol. The van der Waals surface area contributed by atoms with E-state index in [0.717, 1.165) is 51.4 Å². The van der Waals surface area contributed by atoms with Gasteiger partial charge in [0.2, 0.25) is 11.8 Å². The third-order valence-corrected chi connectivity index (χ3v) is 5.69. The van der Waals surface area contributed by atoms with Gasteiger partial charge in [-0.05, 0) is 31.1 Å². The molecule has 3 rings (SSSR count). The number of likely N-dealkylation sites (tertiary alicyclic amines) is 1. The smallest absolute Gasteiger partial charge is 0.230 e. The van der Waals surface area contributed by atoms with E-state index in [1.165, 1.54) is 4.90 Å². The summed E-state index contributed by atoms with van der Waals surface area (Å²) in [7, 11) is 0. The topological polar surface area (TPSA) is 57.6 Å². The summed E-state index contributed by atoms with van der Waals surface area (Å²) in [6.45, 7) is 0.0901. The molecule has 1 N–H and O–H groups in total. The highest BCUT2D eigenvalue weighted by Gasteiger charge is 2.48. The molecule has 2 amide bonds. The average molecular weight is 279 g/mol. The van der Waals surface area contributed by atoms with Gasteiger partial charge in [0.1, 0.15) is 0 Å². The summed E-state index contributed by atoms with van der Waals surface area (Å²) < 4.78 is 0. The number of aliphatic hydroxyl groups excluding tert-OH is 1. The predicted molar refractivity (Wildman–Crippen MR) is 74.8 cm³/mol. The number of carbonyl (C=O) groups excluding carboxylic acids is 2. The molecule has 1 spiro atoms. The van der Waals surface area contributed by atoms with Crippen molar-refractivity contribution < 1.29 is 14.7 Å². The minimum Gasteiger partial charge on any atom is -0.396 e. The number of piperidine rings is 1. The van der Waals surface area contributed by atoms with Crippen LogP contribution in [0.5, 0.6) is 0 Å². The van der Waals surface area contributed by atoms with Crippen LogP contribution in [0.3, 0.4) is 0 Å². The van der Waals surface area contributed by atoms with Gasteiger partial charge in [0, 0.05) is 31.4 Å². The summed E-state index contributed by atoms with van der Waals surface area (Å²) in [6, 6.07) is -0.0486. The van der Waals surface area contributed by atoms with Crippen LogP contribution < -0.4 is 0 Å². The van der Waals surface area contributed by atoms with Crippen molar-refractivity contribution in [2.75, 3.05) is 6.61 Å². The summed E-state index contributed by atoms with van der Waals surface area (Å²) in [6.07, 6.45) is 9.44. The minimum absolute atomic E-state index is 0.0198. The maximum atomic E-state index is 12.6. The van der Waals surface area contributed by atoms with Crippen LogP contribution in [0.25, 0.3) is 0 Å². The maximum absolute atomic E-state index is 12.6. The number of nitrogens with zero attached hydrogens (tertiary/aromatic N) is 1. The van der Waals surface area contributed by atoms with Crippen LogP contribution in [0.2, 0.25) is 0 Å². The minimum atomic E-state index is -0.0486. The highest BCUT2D eigenvalue weighted by atomic mass is 16.3. The van der Waals surface area contributed by atoms with Crippen molar-refractivity contribution in [3.8, 4) is 0 Å². The highest BCUT2D eigenvalue weighted by Crippen LogP contribution is 2.48. The third-order valence-electron chi connectivity index (χ3n) is 5.69. The van der Waals surface area contributed by atoms with Crippen LogP contribution in [-0.4, -0.2) is 34.5 Å². The predicted octanol–water partition coefficient (Wildman–Crippen LogP) is 2.25. The molecule has 0 aromatic heterocycles. The molecule has 2 aliphatic carbocycles. The Morgan fingerprint density at radius 2 is 1.60 bits per heavy atom. The zero-order valence-corrected chi connectivity index (χ0v) is 12.1. The first-order valence-electron chi connectivity index (χ1n) is 8.11. The second-order valence-corrected chi connectivity index (χ2v) is 7.01. The highest BCUT2D eigenvalue weighted by molar-refractivity contribution is 5.99. The molecule has 112 valence electrons. The average Bonchev–Trinajstić information content (AvgIpc) is 2.86. The Balaban J connectivity index is 1.77.